The summed E-state index contributed by atoms with van der Waals surface area (Å²) in [5, 5.41) is 11.1. The summed E-state index contributed by atoms with van der Waals surface area (Å²) in [7, 11) is 0. The first-order chi connectivity index (χ1) is 11.2. The highest BCUT2D eigenvalue weighted by Gasteiger charge is 2.16. The highest BCUT2D eigenvalue weighted by Crippen LogP contribution is 2.24. The Morgan fingerprint density at radius 2 is 1.57 bits per heavy atom. The van der Waals surface area contributed by atoms with Gasteiger partial charge in [-0.25, -0.2) is 0 Å². The summed E-state index contributed by atoms with van der Waals surface area (Å²) in [6.45, 7) is 17.5. The van der Waals surface area contributed by atoms with Gasteiger partial charge < -0.3 is 0 Å². The maximum absolute atomic E-state index is 4.38. The molecule has 0 aliphatic rings. The van der Waals surface area contributed by atoms with E-state index in [-0.39, 0.29) is 5.54 Å². The molecule has 0 heterocycles. The lowest BCUT2D eigenvalue weighted by Crippen LogP contribution is -2.15. The lowest BCUT2D eigenvalue weighted by Gasteiger charge is -2.16. The van der Waals surface area contributed by atoms with Crippen molar-refractivity contribution in [2.75, 3.05) is 0 Å². The normalized spacial score (nSPS) is 12.4. The number of azo groups is 1. The van der Waals surface area contributed by atoms with Crippen molar-refractivity contribution in [1.29, 1.82) is 0 Å². The predicted molar refractivity (Wildman–Crippen MR) is 105 cm³/mol. The molecule has 0 aromatic heterocycles. The molecule has 2 rings (SSSR count). The van der Waals surface area contributed by atoms with Gasteiger partial charge in [0.2, 0.25) is 0 Å². The molecule has 0 aliphatic heterocycles. The lowest BCUT2D eigenvalue weighted by atomic mass is 10.00. The van der Waals surface area contributed by atoms with E-state index in [9.17, 15) is 0 Å². The van der Waals surface area contributed by atoms with Crippen molar-refractivity contribution in [3.8, 4) is 0 Å². The largest absolute Gasteiger partial charge is 0.178 e. The highest BCUT2D eigenvalue weighted by molar-refractivity contribution is 5.84. The van der Waals surface area contributed by atoms with Gasteiger partial charge in [0.15, 0.2) is 0 Å². The molecule has 2 aromatic carbocycles. The average molecular weight is 310 g/mol. The molecular formula is C21H30N2. The van der Waals surface area contributed by atoms with Crippen LogP contribution in [-0.2, 0) is 0 Å². The monoisotopic (exact) mass is 310 g/mol. The number of fused-ring (bicyclic) bond motifs is 1. The molecule has 1 atom stereocenters. The van der Waals surface area contributed by atoms with Crippen LogP contribution in [0.25, 0.3) is 10.8 Å². The number of nitrogens with zero attached hydrogens (tertiary/aromatic N) is 2. The van der Waals surface area contributed by atoms with Gasteiger partial charge in [0.1, 0.15) is 5.54 Å². The van der Waals surface area contributed by atoms with E-state index in [1.54, 1.807) is 6.08 Å². The Kier molecular flexibility index (Phi) is 10.3. The molecule has 2 heteroatoms. The number of rotatable bonds is 5. The molecule has 2 nitrogen and oxygen atoms in total. The Morgan fingerprint density at radius 3 is 2.13 bits per heavy atom. The van der Waals surface area contributed by atoms with E-state index in [1.165, 1.54) is 10.8 Å². The molecular weight excluding hydrogens is 280 g/mol. The summed E-state index contributed by atoms with van der Waals surface area (Å²) in [6.07, 6.45) is 4.37. The number of hydrogen-bond acceptors (Lipinski definition) is 2. The average Bonchev–Trinajstić information content (AvgIpc) is 2.63. The fraction of sp³-hybridized carbons (Fsp3) is 0.333. The third kappa shape index (κ3) is 6.60. The first kappa shape index (κ1) is 20.8. The van der Waals surface area contributed by atoms with Crippen molar-refractivity contribution in [3.63, 3.8) is 0 Å². The first-order valence-corrected chi connectivity index (χ1v) is 8.33. The molecule has 0 aliphatic carbocycles. The maximum Gasteiger partial charge on any atom is 0.100 e. The fourth-order valence-electron chi connectivity index (χ4n) is 1.87. The van der Waals surface area contributed by atoms with Gasteiger partial charge in [-0.3, -0.25) is 0 Å². The van der Waals surface area contributed by atoms with Crippen LogP contribution in [0.4, 0.5) is 5.69 Å². The Bertz CT molecular complexity index is 629. The van der Waals surface area contributed by atoms with E-state index < -0.39 is 0 Å². The summed E-state index contributed by atoms with van der Waals surface area (Å²) < 4.78 is 0. The molecule has 0 N–H and O–H groups in total. The van der Waals surface area contributed by atoms with E-state index in [1.807, 2.05) is 65.0 Å². The number of benzene rings is 2. The minimum atomic E-state index is -0.382. The van der Waals surface area contributed by atoms with E-state index in [4.69, 9.17) is 0 Å². The summed E-state index contributed by atoms with van der Waals surface area (Å²) >= 11 is 0. The third-order valence-corrected chi connectivity index (χ3v) is 3.12. The van der Waals surface area contributed by atoms with Crippen LogP contribution < -0.4 is 0 Å². The third-order valence-electron chi connectivity index (χ3n) is 3.12. The van der Waals surface area contributed by atoms with E-state index in [0.29, 0.717) is 0 Å². The Balaban J connectivity index is 0.00000112. The van der Waals surface area contributed by atoms with Crippen LogP contribution in [0.2, 0.25) is 0 Å². The van der Waals surface area contributed by atoms with Crippen LogP contribution in [-0.4, -0.2) is 5.54 Å². The molecule has 0 amide bonds. The smallest absolute Gasteiger partial charge is 0.100 e. The molecule has 0 spiro atoms. The molecule has 0 radical (unpaired) electrons. The van der Waals surface area contributed by atoms with Gasteiger partial charge in [-0.15, -0.1) is 13.2 Å². The van der Waals surface area contributed by atoms with Crippen molar-refractivity contribution >= 4 is 16.5 Å². The van der Waals surface area contributed by atoms with Crippen molar-refractivity contribution in [2.45, 2.75) is 46.6 Å². The quantitative estimate of drug-likeness (QED) is 0.403. The minimum absolute atomic E-state index is 0.382. The van der Waals surface area contributed by atoms with Crippen LogP contribution >= 0.6 is 0 Å². The van der Waals surface area contributed by atoms with Crippen LogP contribution in [0.15, 0.2) is 78.0 Å². The summed E-state index contributed by atoms with van der Waals surface area (Å²) in [5.41, 5.74) is 0.476. The molecule has 0 saturated heterocycles. The van der Waals surface area contributed by atoms with Crippen molar-refractivity contribution < 1.29 is 0 Å². The van der Waals surface area contributed by atoms with Gasteiger partial charge in [0.05, 0.1) is 5.69 Å². The second-order valence-corrected chi connectivity index (χ2v) is 4.79. The zero-order valence-corrected chi connectivity index (χ0v) is 15.2. The number of hydrogen-bond donors (Lipinski definition) is 0. The van der Waals surface area contributed by atoms with Gasteiger partial charge in [-0.2, -0.15) is 10.2 Å². The first-order valence-electron chi connectivity index (χ1n) is 8.33. The van der Waals surface area contributed by atoms with Gasteiger partial charge in [-0.1, -0.05) is 70.2 Å². The van der Waals surface area contributed by atoms with E-state index in [0.717, 1.165) is 12.1 Å². The van der Waals surface area contributed by atoms with Crippen molar-refractivity contribution in [1.82, 2.24) is 0 Å². The fourth-order valence-corrected chi connectivity index (χ4v) is 1.87. The molecule has 2 aromatic rings. The topological polar surface area (TPSA) is 24.7 Å². The summed E-state index contributed by atoms with van der Waals surface area (Å²) in [5.74, 6) is 0. The van der Waals surface area contributed by atoms with Crippen molar-refractivity contribution in [2.24, 2.45) is 10.2 Å². The van der Waals surface area contributed by atoms with Crippen LogP contribution in [0.5, 0.6) is 0 Å². The second kappa shape index (κ2) is 11.4. The second-order valence-electron chi connectivity index (χ2n) is 4.79. The van der Waals surface area contributed by atoms with Gasteiger partial charge in [0.25, 0.3) is 0 Å². The Hall–Kier alpha value is -2.22. The van der Waals surface area contributed by atoms with Gasteiger partial charge in [-0.05, 0) is 36.2 Å². The Morgan fingerprint density at radius 1 is 0.957 bits per heavy atom. The Labute approximate surface area is 141 Å². The predicted octanol–water partition coefficient (Wildman–Crippen LogP) is 7.50. The zero-order chi connectivity index (χ0) is 17.7. The van der Waals surface area contributed by atoms with Crippen LogP contribution in [0, 0.1) is 0 Å². The molecule has 23 heavy (non-hydrogen) atoms. The van der Waals surface area contributed by atoms with Crippen LogP contribution in [0.3, 0.4) is 0 Å². The zero-order valence-electron chi connectivity index (χ0n) is 15.2. The lowest BCUT2D eigenvalue weighted by molar-refractivity contribution is 0.569. The standard InChI is InChI=1S/C17H18N2.2C2H6/c1-4-12-17(3,5-2)19-18-16-11-10-14-8-6-7-9-15(14)13-16;2*1-2/h4-11,13H,1-2,12H2,3H3;2*1-2H3. The molecule has 0 saturated carbocycles. The molecule has 124 valence electrons. The van der Waals surface area contributed by atoms with E-state index in [2.05, 4.69) is 41.6 Å². The molecule has 1 unspecified atom stereocenters. The molecule has 0 bridgehead atoms. The van der Waals surface area contributed by atoms with Crippen LogP contribution in [0.1, 0.15) is 41.0 Å². The van der Waals surface area contributed by atoms with Gasteiger partial charge in [0, 0.05) is 0 Å². The summed E-state index contributed by atoms with van der Waals surface area (Å²) in [6, 6.07) is 14.3. The SMILES string of the molecule is C=CCC(C)(C=C)N=Nc1ccc2ccccc2c1.CC.CC. The van der Waals surface area contributed by atoms with Gasteiger partial charge >= 0.3 is 0 Å². The molecule has 0 fully saturated rings. The highest BCUT2D eigenvalue weighted by atomic mass is 15.1. The summed E-state index contributed by atoms with van der Waals surface area (Å²) in [4.78, 5) is 0. The maximum atomic E-state index is 4.38. The van der Waals surface area contributed by atoms with Crippen molar-refractivity contribution in [3.05, 3.63) is 67.8 Å². The van der Waals surface area contributed by atoms with E-state index >= 15 is 0 Å². The minimum Gasteiger partial charge on any atom is -0.178 e.